The highest BCUT2D eigenvalue weighted by Crippen LogP contribution is 2.60. The van der Waals surface area contributed by atoms with Crippen molar-refractivity contribution in [2.24, 2.45) is 16.7 Å². The second-order valence-electron chi connectivity index (χ2n) is 6.96. The van der Waals surface area contributed by atoms with Gasteiger partial charge in [-0.2, -0.15) is 0 Å². The average molecular weight is 271 g/mol. The van der Waals surface area contributed by atoms with Crippen molar-refractivity contribution in [3.8, 4) is 0 Å². The van der Waals surface area contributed by atoms with Crippen LogP contribution in [0.5, 0.6) is 0 Å². The van der Waals surface area contributed by atoms with Crippen LogP contribution in [0.15, 0.2) is 24.3 Å². The van der Waals surface area contributed by atoms with E-state index in [0.29, 0.717) is 5.69 Å². The number of aryl methyl sites for hydroxylation is 1. The number of amides is 2. The zero-order valence-corrected chi connectivity index (χ0v) is 12.6. The number of hydrogen-bond donors (Lipinski definition) is 0. The van der Waals surface area contributed by atoms with E-state index in [1.165, 1.54) is 4.90 Å². The number of piperidine rings is 1. The first-order valence-corrected chi connectivity index (χ1v) is 7.24. The summed E-state index contributed by atoms with van der Waals surface area (Å²) in [7, 11) is 0. The van der Waals surface area contributed by atoms with Gasteiger partial charge in [0.05, 0.1) is 11.1 Å². The Morgan fingerprint density at radius 2 is 1.90 bits per heavy atom. The van der Waals surface area contributed by atoms with Crippen LogP contribution in [0.2, 0.25) is 0 Å². The third-order valence-electron chi connectivity index (χ3n) is 5.68. The van der Waals surface area contributed by atoms with E-state index in [4.69, 9.17) is 0 Å². The standard InChI is InChI=1S/C17H21NO2/c1-11-6-5-7-12(10-11)18-14(19)13-8-9-17(4,15(18)20)16(13,2)3/h5-7,10,13H,8-9H2,1-4H3/t13-,17+/m0/s1. The zero-order valence-electron chi connectivity index (χ0n) is 12.6. The van der Waals surface area contributed by atoms with Gasteiger partial charge in [-0.25, -0.2) is 4.90 Å². The summed E-state index contributed by atoms with van der Waals surface area (Å²) in [5.74, 6) is -0.113. The maximum Gasteiger partial charge on any atom is 0.240 e. The molecule has 1 aromatic rings. The van der Waals surface area contributed by atoms with E-state index in [2.05, 4.69) is 13.8 Å². The van der Waals surface area contributed by atoms with E-state index in [9.17, 15) is 9.59 Å². The number of rotatable bonds is 1. The van der Waals surface area contributed by atoms with Crippen LogP contribution >= 0.6 is 0 Å². The average Bonchev–Trinajstić information content (AvgIpc) is 2.54. The minimum absolute atomic E-state index is 0.0272. The molecule has 1 aromatic carbocycles. The number of nitrogens with zero attached hydrogens (tertiary/aromatic N) is 1. The molecule has 1 heterocycles. The summed E-state index contributed by atoms with van der Waals surface area (Å²) in [6.07, 6.45) is 1.62. The third-order valence-corrected chi connectivity index (χ3v) is 5.68. The molecule has 20 heavy (non-hydrogen) atoms. The SMILES string of the molecule is Cc1cccc(N2C(=O)[C@@H]3CC[C@](C)(C2=O)C3(C)C)c1. The van der Waals surface area contributed by atoms with E-state index in [1.807, 2.05) is 38.1 Å². The van der Waals surface area contributed by atoms with Gasteiger partial charge in [-0.05, 0) is 42.9 Å². The van der Waals surface area contributed by atoms with Gasteiger partial charge in [-0.15, -0.1) is 0 Å². The summed E-state index contributed by atoms with van der Waals surface area (Å²) in [5.41, 5.74) is 1.09. The van der Waals surface area contributed by atoms with Gasteiger partial charge in [0.1, 0.15) is 0 Å². The molecule has 2 aliphatic rings. The van der Waals surface area contributed by atoms with Gasteiger partial charge in [-0.1, -0.05) is 32.9 Å². The van der Waals surface area contributed by atoms with Crippen LogP contribution in [-0.4, -0.2) is 11.8 Å². The molecule has 0 aromatic heterocycles. The summed E-state index contributed by atoms with van der Waals surface area (Å²) >= 11 is 0. The van der Waals surface area contributed by atoms with Crippen LogP contribution in [0, 0.1) is 23.7 Å². The lowest BCUT2D eigenvalue weighted by Gasteiger charge is -2.47. The van der Waals surface area contributed by atoms with Crippen molar-refractivity contribution < 1.29 is 9.59 Å². The van der Waals surface area contributed by atoms with E-state index in [0.717, 1.165) is 18.4 Å². The molecule has 106 valence electrons. The monoisotopic (exact) mass is 271 g/mol. The Bertz CT molecular complexity index is 605. The predicted octanol–water partition coefficient (Wildman–Crippen LogP) is 3.31. The van der Waals surface area contributed by atoms with E-state index in [1.54, 1.807) is 0 Å². The second-order valence-corrected chi connectivity index (χ2v) is 6.96. The van der Waals surface area contributed by atoms with Gasteiger partial charge in [0.25, 0.3) is 0 Å². The van der Waals surface area contributed by atoms with Crippen molar-refractivity contribution in [1.82, 2.24) is 0 Å². The summed E-state index contributed by atoms with van der Waals surface area (Å²) in [5, 5.41) is 0. The highest BCUT2D eigenvalue weighted by Gasteiger charge is 2.64. The molecule has 0 spiro atoms. The number of fused-ring (bicyclic) bond motifs is 2. The van der Waals surface area contributed by atoms with Crippen LogP contribution in [0.25, 0.3) is 0 Å². The Labute approximate surface area is 120 Å². The molecule has 0 N–H and O–H groups in total. The van der Waals surface area contributed by atoms with Gasteiger partial charge >= 0.3 is 0 Å². The van der Waals surface area contributed by atoms with Gasteiger partial charge in [0.15, 0.2) is 0 Å². The molecule has 2 amide bonds. The first kappa shape index (κ1) is 13.3. The lowest BCUT2D eigenvalue weighted by Crippen LogP contribution is -2.59. The Kier molecular flexibility index (Phi) is 2.63. The molecule has 1 saturated heterocycles. The van der Waals surface area contributed by atoms with Gasteiger partial charge in [0.2, 0.25) is 11.8 Å². The largest absolute Gasteiger partial charge is 0.274 e. The lowest BCUT2D eigenvalue weighted by molar-refractivity contribution is -0.146. The van der Waals surface area contributed by atoms with Crippen LogP contribution in [-0.2, 0) is 9.59 Å². The number of hydrogen-bond acceptors (Lipinski definition) is 2. The van der Waals surface area contributed by atoms with Crippen LogP contribution in [0.3, 0.4) is 0 Å². The van der Waals surface area contributed by atoms with Gasteiger partial charge in [0, 0.05) is 5.92 Å². The minimum atomic E-state index is -0.435. The first-order chi connectivity index (χ1) is 9.29. The number of benzene rings is 1. The van der Waals surface area contributed by atoms with Crippen molar-refractivity contribution in [2.45, 2.75) is 40.5 Å². The predicted molar refractivity (Wildman–Crippen MR) is 78.3 cm³/mol. The molecule has 2 fully saturated rings. The van der Waals surface area contributed by atoms with Crippen molar-refractivity contribution in [3.05, 3.63) is 29.8 Å². The molecule has 2 bridgehead atoms. The van der Waals surface area contributed by atoms with Crippen LogP contribution in [0.1, 0.15) is 39.2 Å². The van der Waals surface area contributed by atoms with Gasteiger partial charge in [-0.3, -0.25) is 9.59 Å². The molecule has 1 aliphatic carbocycles. The fourth-order valence-corrected chi connectivity index (χ4v) is 3.83. The second kappa shape index (κ2) is 3.94. The molecule has 0 unspecified atom stereocenters. The Morgan fingerprint density at radius 1 is 1.20 bits per heavy atom. The van der Waals surface area contributed by atoms with Crippen molar-refractivity contribution in [2.75, 3.05) is 4.90 Å². The third kappa shape index (κ3) is 1.46. The molecule has 3 heteroatoms. The molecular formula is C17H21NO2. The Morgan fingerprint density at radius 3 is 2.55 bits per heavy atom. The smallest absolute Gasteiger partial charge is 0.240 e. The molecule has 0 radical (unpaired) electrons. The fourth-order valence-electron chi connectivity index (χ4n) is 3.83. The normalized spacial score (nSPS) is 31.8. The molecular weight excluding hydrogens is 250 g/mol. The summed E-state index contributed by atoms with van der Waals surface area (Å²) in [6.45, 7) is 8.12. The number of anilines is 1. The molecule has 1 aliphatic heterocycles. The lowest BCUT2D eigenvalue weighted by atomic mass is 9.62. The Balaban J connectivity index is 2.12. The maximum atomic E-state index is 12.9. The van der Waals surface area contributed by atoms with Gasteiger partial charge < -0.3 is 0 Å². The number of carbonyl (C=O) groups excluding carboxylic acids is 2. The van der Waals surface area contributed by atoms with Crippen LogP contribution in [0.4, 0.5) is 5.69 Å². The summed E-state index contributed by atoms with van der Waals surface area (Å²) in [6, 6.07) is 7.64. The van der Waals surface area contributed by atoms with Crippen molar-refractivity contribution >= 4 is 17.5 Å². The molecule has 3 rings (SSSR count). The molecule has 2 atom stereocenters. The fraction of sp³-hybridized carbons (Fsp3) is 0.529. The zero-order chi connectivity index (χ0) is 14.7. The Hall–Kier alpha value is -1.64. The first-order valence-electron chi connectivity index (χ1n) is 7.24. The quantitative estimate of drug-likeness (QED) is 0.735. The minimum Gasteiger partial charge on any atom is -0.274 e. The van der Waals surface area contributed by atoms with Crippen LogP contribution < -0.4 is 4.90 Å². The molecule has 3 nitrogen and oxygen atoms in total. The number of imide groups is 1. The number of carbonyl (C=O) groups is 2. The summed E-state index contributed by atoms with van der Waals surface area (Å²) in [4.78, 5) is 27.1. The van der Waals surface area contributed by atoms with Crippen molar-refractivity contribution in [1.29, 1.82) is 0 Å². The highest BCUT2D eigenvalue weighted by molar-refractivity contribution is 6.20. The van der Waals surface area contributed by atoms with E-state index >= 15 is 0 Å². The maximum absolute atomic E-state index is 12.9. The van der Waals surface area contributed by atoms with Crippen molar-refractivity contribution in [3.63, 3.8) is 0 Å². The topological polar surface area (TPSA) is 37.4 Å². The van der Waals surface area contributed by atoms with E-state index in [-0.39, 0.29) is 23.1 Å². The van der Waals surface area contributed by atoms with E-state index < -0.39 is 5.41 Å². The summed E-state index contributed by atoms with van der Waals surface area (Å²) < 4.78 is 0. The highest BCUT2D eigenvalue weighted by atomic mass is 16.2. The molecule has 1 saturated carbocycles.